The van der Waals surface area contributed by atoms with Crippen molar-refractivity contribution >= 4 is 23.3 Å². The van der Waals surface area contributed by atoms with Crippen LogP contribution in [0.2, 0.25) is 5.15 Å². The molecule has 1 rings (SSSR count). The summed E-state index contributed by atoms with van der Waals surface area (Å²) in [7, 11) is 0. The first-order valence-electron chi connectivity index (χ1n) is 3.73. The standard InChI is InChI=1S/C8H9ClN2O2/c1-2-13-8(12)6-3-5(10)4-11-7(6)9/h3-4H,2,10H2,1H3. The molecule has 0 fully saturated rings. The Bertz CT molecular complexity index is 328. The van der Waals surface area contributed by atoms with E-state index in [0.29, 0.717) is 12.3 Å². The zero-order valence-electron chi connectivity index (χ0n) is 7.08. The highest BCUT2D eigenvalue weighted by atomic mass is 35.5. The number of esters is 1. The number of carbonyl (C=O) groups is 1. The number of aromatic nitrogens is 1. The normalized spacial score (nSPS) is 9.69. The molecule has 1 heterocycles. The number of anilines is 1. The van der Waals surface area contributed by atoms with Gasteiger partial charge in [0.1, 0.15) is 5.15 Å². The van der Waals surface area contributed by atoms with Gasteiger partial charge in [-0.2, -0.15) is 0 Å². The molecule has 0 saturated heterocycles. The van der Waals surface area contributed by atoms with Crippen molar-refractivity contribution in [1.82, 2.24) is 4.98 Å². The van der Waals surface area contributed by atoms with Gasteiger partial charge in [0.15, 0.2) is 0 Å². The number of pyridine rings is 1. The number of hydrogen-bond donors (Lipinski definition) is 1. The SMILES string of the molecule is CCOC(=O)c1cc(N)cnc1Cl. The molecule has 0 unspecified atom stereocenters. The highest BCUT2D eigenvalue weighted by molar-refractivity contribution is 6.32. The second-order valence-electron chi connectivity index (χ2n) is 2.33. The molecule has 0 aliphatic rings. The molecule has 4 nitrogen and oxygen atoms in total. The Kier molecular flexibility index (Phi) is 3.08. The smallest absolute Gasteiger partial charge is 0.341 e. The van der Waals surface area contributed by atoms with E-state index >= 15 is 0 Å². The van der Waals surface area contributed by atoms with Crippen LogP contribution in [-0.2, 0) is 4.74 Å². The van der Waals surface area contributed by atoms with E-state index < -0.39 is 5.97 Å². The summed E-state index contributed by atoms with van der Waals surface area (Å²) < 4.78 is 4.74. The van der Waals surface area contributed by atoms with Crippen molar-refractivity contribution < 1.29 is 9.53 Å². The lowest BCUT2D eigenvalue weighted by atomic mass is 10.3. The molecule has 1 aromatic heterocycles. The van der Waals surface area contributed by atoms with Crippen LogP contribution in [0.5, 0.6) is 0 Å². The Labute approximate surface area is 80.7 Å². The van der Waals surface area contributed by atoms with Crippen LogP contribution in [0.3, 0.4) is 0 Å². The number of hydrogen-bond acceptors (Lipinski definition) is 4. The van der Waals surface area contributed by atoms with E-state index in [0.717, 1.165) is 0 Å². The largest absolute Gasteiger partial charge is 0.462 e. The van der Waals surface area contributed by atoms with Crippen molar-refractivity contribution in [1.29, 1.82) is 0 Å². The van der Waals surface area contributed by atoms with Gasteiger partial charge in [-0.05, 0) is 13.0 Å². The van der Waals surface area contributed by atoms with E-state index in [4.69, 9.17) is 22.1 Å². The number of ether oxygens (including phenoxy) is 1. The first kappa shape index (κ1) is 9.80. The molecule has 0 spiro atoms. The third kappa shape index (κ3) is 2.32. The highest BCUT2D eigenvalue weighted by Crippen LogP contribution is 2.16. The van der Waals surface area contributed by atoms with Gasteiger partial charge in [-0.1, -0.05) is 11.6 Å². The maximum absolute atomic E-state index is 11.2. The minimum absolute atomic E-state index is 0.104. The first-order valence-corrected chi connectivity index (χ1v) is 4.11. The maximum atomic E-state index is 11.2. The Morgan fingerprint density at radius 2 is 2.46 bits per heavy atom. The predicted molar refractivity (Wildman–Crippen MR) is 49.6 cm³/mol. The fourth-order valence-electron chi connectivity index (χ4n) is 0.816. The van der Waals surface area contributed by atoms with Gasteiger partial charge in [0, 0.05) is 0 Å². The number of nitrogen functional groups attached to an aromatic ring is 1. The van der Waals surface area contributed by atoms with Gasteiger partial charge in [-0.15, -0.1) is 0 Å². The lowest BCUT2D eigenvalue weighted by molar-refractivity contribution is 0.0526. The summed E-state index contributed by atoms with van der Waals surface area (Å²) in [6.45, 7) is 2.01. The molecule has 70 valence electrons. The van der Waals surface area contributed by atoms with E-state index in [-0.39, 0.29) is 10.7 Å². The van der Waals surface area contributed by atoms with Crippen LogP contribution >= 0.6 is 11.6 Å². The quantitative estimate of drug-likeness (QED) is 0.580. The molecule has 1 aromatic rings. The summed E-state index contributed by atoms with van der Waals surface area (Å²) in [5.41, 5.74) is 6.01. The van der Waals surface area contributed by atoms with E-state index in [1.807, 2.05) is 0 Å². The maximum Gasteiger partial charge on any atom is 0.341 e. The average Bonchev–Trinajstić information content (AvgIpc) is 2.09. The zero-order valence-corrected chi connectivity index (χ0v) is 7.84. The number of rotatable bonds is 2. The van der Waals surface area contributed by atoms with Crippen molar-refractivity contribution in [2.24, 2.45) is 0 Å². The number of halogens is 1. The second kappa shape index (κ2) is 4.09. The molecule has 13 heavy (non-hydrogen) atoms. The molecule has 0 aliphatic heterocycles. The van der Waals surface area contributed by atoms with Crippen molar-refractivity contribution in [2.75, 3.05) is 12.3 Å². The summed E-state index contributed by atoms with van der Waals surface area (Å²) in [6, 6.07) is 1.44. The predicted octanol–water partition coefficient (Wildman–Crippen LogP) is 1.49. The zero-order chi connectivity index (χ0) is 9.84. The topological polar surface area (TPSA) is 65.2 Å². The van der Waals surface area contributed by atoms with Gasteiger partial charge < -0.3 is 10.5 Å². The van der Waals surface area contributed by atoms with Crippen LogP contribution in [0.25, 0.3) is 0 Å². The lowest BCUT2D eigenvalue weighted by Gasteiger charge is -2.03. The molecule has 0 atom stereocenters. The van der Waals surface area contributed by atoms with E-state index in [1.54, 1.807) is 6.92 Å². The van der Waals surface area contributed by atoms with Gasteiger partial charge in [0.05, 0.1) is 24.1 Å². The average molecular weight is 201 g/mol. The van der Waals surface area contributed by atoms with Crippen LogP contribution in [0.15, 0.2) is 12.3 Å². The minimum Gasteiger partial charge on any atom is -0.462 e. The Balaban J connectivity index is 2.99. The van der Waals surface area contributed by atoms with Crippen molar-refractivity contribution in [3.63, 3.8) is 0 Å². The highest BCUT2D eigenvalue weighted by Gasteiger charge is 2.12. The number of nitrogens with two attached hydrogens (primary N) is 1. The lowest BCUT2D eigenvalue weighted by Crippen LogP contribution is -2.06. The minimum atomic E-state index is -0.507. The van der Waals surface area contributed by atoms with Gasteiger partial charge in [-0.3, -0.25) is 0 Å². The molecule has 0 aliphatic carbocycles. The summed E-state index contributed by atoms with van der Waals surface area (Å²) in [6.07, 6.45) is 1.38. The van der Waals surface area contributed by atoms with Crippen LogP contribution in [0.1, 0.15) is 17.3 Å². The van der Waals surface area contributed by atoms with Crippen LogP contribution in [0, 0.1) is 0 Å². The van der Waals surface area contributed by atoms with Crippen molar-refractivity contribution in [3.8, 4) is 0 Å². The monoisotopic (exact) mass is 200 g/mol. The van der Waals surface area contributed by atoms with E-state index in [2.05, 4.69) is 4.98 Å². The fourth-order valence-corrected chi connectivity index (χ4v) is 0.997. The third-order valence-electron chi connectivity index (χ3n) is 1.36. The first-order chi connectivity index (χ1) is 6.15. The summed E-state index contributed by atoms with van der Waals surface area (Å²) in [5, 5.41) is 0.104. The second-order valence-corrected chi connectivity index (χ2v) is 2.69. The Morgan fingerprint density at radius 3 is 3.08 bits per heavy atom. The summed E-state index contributed by atoms with van der Waals surface area (Å²) in [4.78, 5) is 14.9. The Hall–Kier alpha value is -1.29. The van der Waals surface area contributed by atoms with E-state index in [1.165, 1.54) is 12.3 Å². The molecule has 0 amide bonds. The fraction of sp³-hybridized carbons (Fsp3) is 0.250. The van der Waals surface area contributed by atoms with Crippen LogP contribution in [-0.4, -0.2) is 17.6 Å². The van der Waals surface area contributed by atoms with E-state index in [9.17, 15) is 4.79 Å². The molecule has 0 saturated carbocycles. The molecule has 2 N–H and O–H groups in total. The molecule has 0 aromatic carbocycles. The van der Waals surface area contributed by atoms with Gasteiger partial charge >= 0.3 is 5.97 Å². The molecular formula is C8H9ClN2O2. The molecule has 0 radical (unpaired) electrons. The van der Waals surface area contributed by atoms with Crippen LogP contribution in [0.4, 0.5) is 5.69 Å². The summed E-state index contributed by atoms with van der Waals surface area (Å²) in [5.74, 6) is -0.507. The molecule has 0 bridgehead atoms. The number of carbonyl (C=O) groups excluding carboxylic acids is 1. The van der Waals surface area contributed by atoms with Gasteiger partial charge in [0.2, 0.25) is 0 Å². The van der Waals surface area contributed by atoms with Crippen molar-refractivity contribution in [3.05, 3.63) is 23.0 Å². The summed E-state index contributed by atoms with van der Waals surface area (Å²) >= 11 is 5.66. The number of nitrogens with zero attached hydrogens (tertiary/aromatic N) is 1. The Morgan fingerprint density at radius 1 is 1.77 bits per heavy atom. The third-order valence-corrected chi connectivity index (χ3v) is 1.66. The van der Waals surface area contributed by atoms with Crippen molar-refractivity contribution in [2.45, 2.75) is 6.92 Å². The van der Waals surface area contributed by atoms with Gasteiger partial charge in [-0.25, -0.2) is 9.78 Å². The van der Waals surface area contributed by atoms with Gasteiger partial charge in [0.25, 0.3) is 0 Å². The van der Waals surface area contributed by atoms with Crippen LogP contribution < -0.4 is 5.73 Å². The molecular weight excluding hydrogens is 192 g/mol. The molecule has 5 heteroatoms.